The van der Waals surface area contributed by atoms with Crippen LogP contribution in [-0.4, -0.2) is 36.2 Å². The normalized spacial score (nSPS) is 30.9. The van der Waals surface area contributed by atoms with E-state index in [4.69, 9.17) is 4.74 Å². The molecular weight excluding hydrogens is 252 g/mol. The third kappa shape index (κ3) is 2.67. The Morgan fingerprint density at radius 1 is 1.40 bits per heavy atom. The van der Waals surface area contributed by atoms with Crippen molar-refractivity contribution in [1.29, 1.82) is 0 Å². The van der Waals surface area contributed by atoms with Crippen molar-refractivity contribution in [2.45, 2.75) is 44.8 Å². The minimum Gasteiger partial charge on any atom is -0.381 e. The second-order valence-corrected chi connectivity index (χ2v) is 6.35. The van der Waals surface area contributed by atoms with Crippen molar-refractivity contribution in [2.24, 2.45) is 5.41 Å². The van der Waals surface area contributed by atoms with Gasteiger partial charge in [-0.15, -0.1) is 0 Å². The van der Waals surface area contributed by atoms with Crippen LogP contribution >= 0.6 is 0 Å². The van der Waals surface area contributed by atoms with Crippen molar-refractivity contribution in [3.63, 3.8) is 0 Å². The number of nitrogens with zero attached hydrogens (tertiary/aromatic N) is 1. The molecule has 4 nitrogen and oxygen atoms in total. The second kappa shape index (κ2) is 5.70. The third-order valence-corrected chi connectivity index (χ3v) is 5.05. The number of aromatic amines is 1. The van der Waals surface area contributed by atoms with Gasteiger partial charge in [0.05, 0.1) is 6.10 Å². The van der Waals surface area contributed by atoms with E-state index in [0.717, 1.165) is 19.6 Å². The van der Waals surface area contributed by atoms with Crippen LogP contribution in [0.2, 0.25) is 0 Å². The number of likely N-dealkylation sites (tertiary alicyclic amines) is 1. The fourth-order valence-corrected chi connectivity index (χ4v) is 4.13. The van der Waals surface area contributed by atoms with Crippen molar-refractivity contribution in [3.05, 3.63) is 34.2 Å². The van der Waals surface area contributed by atoms with Gasteiger partial charge in [0.2, 0.25) is 5.56 Å². The summed E-state index contributed by atoms with van der Waals surface area (Å²) in [5.41, 5.74) is 1.53. The number of aromatic nitrogens is 1. The molecule has 110 valence electrons. The van der Waals surface area contributed by atoms with Gasteiger partial charge in [-0.2, -0.15) is 0 Å². The number of hydrogen-bond donors (Lipinski definition) is 1. The van der Waals surface area contributed by atoms with Gasteiger partial charge in [-0.3, -0.25) is 9.69 Å². The summed E-state index contributed by atoms with van der Waals surface area (Å²) in [4.78, 5) is 16.4. The minimum atomic E-state index is -0.0286. The SMILES string of the molecule is CO[C@@H]1CCC[C@@]12CCCN(Cc1ccc(=O)[nH]c1)C2. The van der Waals surface area contributed by atoms with E-state index >= 15 is 0 Å². The number of methoxy groups -OCH3 is 1. The number of ether oxygens (including phenoxy) is 1. The summed E-state index contributed by atoms with van der Waals surface area (Å²) in [6.45, 7) is 3.21. The maximum absolute atomic E-state index is 11.1. The summed E-state index contributed by atoms with van der Waals surface area (Å²) in [7, 11) is 1.86. The van der Waals surface area contributed by atoms with Gasteiger partial charge >= 0.3 is 0 Å². The first-order valence-corrected chi connectivity index (χ1v) is 7.65. The molecule has 1 saturated heterocycles. The van der Waals surface area contributed by atoms with Gasteiger partial charge in [-0.05, 0) is 37.8 Å². The van der Waals surface area contributed by atoms with Crippen LogP contribution in [0, 0.1) is 5.41 Å². The molecule has 2 heterocycles. The van der Waals surface area contributed by atoms with Crippen LogP contribution < -0.4 is 5.56 Å². The molecule has 3 rings (SSSR count). The Hall–Kier alpha value is -1.13. The van der Waals surface area contributed by atoms with E-state index in [1.165, 1.54) is 37.7 Å². The van der Waals surface area contributed by atoms with Crippen LogP contribution in [0.3, 0.4) is 0 Å². The summed E-state index contributed by atoms with van der Waals surface area (Å²) >= 11 is 0. The van der Waals surface area contributed by atoms with Crippen LogP contribution in [0.15, 0.2) is 23.1 Å². The molecule has 20 heavy (non-hydrogen) atoms. The van der Waals surface area contributed by atoms with E-state index in [1.54, 1.807) is 6.07 Å². The summed E-state index contributed by atoms with van der Waals surface area (Å²) in [6, 6.07) is 3.55. The zero-order valence-corrected chi connectivity index (χ0v) is 12.2. The predicted octanol–water partition coefficient (Wildman–Crippen LogP) is 2.16. The van der Waals surface area contributed by atoms with Crippen LogP contribution in [0.25, 0.3) is 0 Å². The molecule has 0 bridgehead atoms. The first kappa shape index (κ1) is 13.8. The Bertz CT molecular complexity index is 493. The smallest absolute Gasteiger partial charge is 0.247 e. The lowest BCUT2D eigenvalue weighted by Crippen LogP contribution is -2.47. The highest BCUT2D eigenvalue weighted by Gasteiger charge is 2.45. The maximum atomic E-state index is 11.1. The first-order chi connectivity index (χ1) is 9.72. The molecule has 0 unspecified atom stereocenters. The van der Waals surface area contributed by atoms with Gasteiger partial charge in [0, 0.05) is 37.9 Å². The van der Waals surface area contributed by atoms with Crippen molar-refractivity contribution >= 4 is 0 Å². The van der Waals surface area contributed by atoms with E-state index in [2.05, 4.69) is 9.88 Å². The van der Waals surface area contributed by atoms with E-state index in [0.29, 0.717) is 11.5 Å². The molecule has 1 N–H and O–H groups in total. The molecule has 0 aromatic carbocycles. The molecule has 1 aliphatic heterocycles. The molecule has 0 radical (unpaired) electrons. The van der Waals surface area contributed by atoms with Gasteiger partial charge in [-0.1, -0.05) is 12.5 Å². The fraction of sp³-hybridized carbons (Fsp3) is 0.688. The second-order valence-electron chi connectivity index (χ2n) is 6.35. The number of nitrogens with one attached hydrogen (secondary N) is 1. The standard InChI is InChI=1S/C16H24N2O2/c1-20-14-4-2-7-16(14)8-3-9-18(12-16)11-13-5-6-15(19)17-10-13/h5-6,10,14H,2-4,7-9,11-12H2,1H3,(H,17,19)/t14-,16+/m1/s1. The van der Waals surface area contributed by atoms with Gasteiger partial charge in [0.15, 0.2) is 0 Å². The van der Waals surface area contributed by atoms with Crippen molar-refractivity contribution in [1.82, 2.24) is 9.88 Å². The highest BCUT2D eigenvalue weighted by atomic mass is 16.5. The summed E-state index contributed by atoms with van der Waals surface area (Å²) in [5.74, 6) is 0. The Morgan fingerprint density at radius 2 is 2.25 bits per heavy atom. The lowest BCUT2D eigenvalue weighted by molar-refractivity contribution is -0.0366. The van der Waals surface area contributed by atoms with Gasteiger partial charge in [0.25, 0.3) is 0 Å². The summed E-state index contributed by atoms with van der Waals surface area (Å²) in [6.07, 6.45) is 8.63. The highest BCUT2D eigenvalue weighted by Crippen LogP contribution is 2.46. The van der Waals surface area contributed by atoms with Gasteiger partial charge in [-0.25, -0.2) is 0 Å². The Balaban J connectivity index is 1.69. The van der Waals surface area contributed by atoms with Gasteiger partial charge in [0.1, 0.15) is 0 Å². The molecule has 1 saturated carbocycles. The van der Waals surface area contributed by atoms with Crippen molar-refractivity contribution in [2.75, 3.05) is 20.2 Å². The quantitative estimate of drug-likeness (QED) is 0.920. The molecule has 1 spiro atoms. The number of H-pyrrole nitrogens is 1. The number of hydrogen-bond acceptors (Lipinski definition) is 3. The van der Waals surface area contributed by atoms with Crippen LogP contribution in [0.1, 0.15) is 37.7 Å². The Morgan fingerprint density at radius 3 is 3.00 bits per heavy atom. The minimum absolute atomic E-state index is 0.0286. The molecule has 2 aliphatic rings. The summed E-state index contributed by atoms with van der Waals surface area (Å²) < 4.78 is 5.74. The average molecular weight is 276 g/mol. The van der Waals surface area contributed by atoms with Crippen molar-refractivity contribution in [3.8, 4) is 0 Å². The molecule has 2 fully saturated rings. The largest absolute Gasteiger partial charge is 0.381 e. The first-order valence-electron chi connectivity index (χ1n) is 7.65. The van der Waals surface area contributed by atoms with Crippen LogP contribution in [0.4, 0.5) is 0 Å². The molecule has 0 amide bonds. The van der Waals surface area contributed by atoms with E-state index < -0.39 is 0 Å². The lowest BCUT2D eigenvalue weighted by Gasteiger charge is -2.43. The molecule has 1 aromatic rings. The Labute approximate surface area is 120 Å². The fourth-order valence-electron chi connectivity index (χ4n) is 4.13. The Kier molecular flexibility index (Phi) is 3.94. The average Bonchev–Trinajstić information content (AvgIpc) is 2.83. The number of rotatable bonds is 3. The van der Waals surface area contributed by atoms with E-state index in [9.17, 15) is 4.79 Å². The molecular formula is C16H24N2O2. The van der Waals surface area contributed by atoms with E-state index in [1.807, 2.05) is 19.4 Å². The zero-order valence-electron chi connectivity index (χ0n) is 12.2. The number of pyridine rings is 1. The molecule has 4 heteroatoms. The number of piperidine rings is 1. The van der Waals surface area contributed by atoms with E-state index in [-0.39, 0.29) is 5.56 Å². The molecule has 1 aliphatic carbocycles. The molecule has 2 atom stereocenters. The van der Waals surface area contributed by atoms with Gasteiger partial charge < -0.3 is 9.72 Å². The van der Waals surface area contributed by atoms with Crippen LogP contribution in [-0.2, 0) is 11.3 Å². The predicted molar refractivity (Wildman–Crippen MR) is 78.7 cm³/mol. The van der Waals surface area contributed by atoms with Crippen LogP contribution in [0.5, 0.6) is 0 Å². The van der Waals surface area contributed by atoms with Crippen molar-refractivity contribution < 1.29 is 4.74 Å². The molecule has 1 aromatic heterocycles. The highest BCUT2D eigenvalue weighted by molar-refractivity contribution is 5.09. The maximum Gasteiger partial charge on any atom is 0.247 e. The third-order valence-electron chi connectivity index (χ3n) is 5.05. The topological polar surface area (TPSA) is 45.3 Å². The zero-order chi connectivity index (χ0) is 14.0. The summed E-state index contributed by atoms with van der Waals surface area (Å²) in [5, 5.41) is 0. The lowest BCUT2D eigenvalue weighted by atomic mass is 9.76. The monoisotopic (exact) mass is 276 g/mol.